The number of carbonyl (C=O) groups excluding carboxylic acids is 1. The maximum atomic E-state index is 12.5. The molecule has 4 aromatic heterocycles. The van der Waals surface area contributed by atoms with Crippen LogP contribution in [0.2, 0.25) is 0 Å². The molecule has 4 heterocycles. The molecule has 0 aliphatic heterocycles. The van der Waals surface area contributed by atoms with Gasteiger partial charge in [-0.25, -0.2) is 19.5 Å². The number of anilines is 1. The average Bonchev–Trinajstić information content (AvgIpc) is 3.11. The molecule has 1 amide bonds. The van der Waals surface area contributed by atoms with Gasteiger partial charge in [-0.3, -0.25) is 4.79 Å². The maximum Gasteiger partial charge on any atom is 0.296 e. The fourth-order valence-corrected chi connectivity index (χ4v) is 2.56. The molecule has 0 fully saturated rings. The van der Waals surface area contributed by atoms with Crippen molar-refractivity contribution in [3.63, 3.8) is 0 Å². The van der Waals surface area contributed by atoms with Crippen LogP contribution in [0.3, 0.4) is 0 Å². The van der Waals surface area contributed by atoms with Gasteiger partial charge in [0.25, 0.3) is 11.7 Å². The van der Waals surface area contributed by atoms with Crippen molar-refractivity contribution in [2.45, 2.75) is 20.8 Å². The second-order valence-corrected chi connectivity index (χ2v) is 5.51. The molecule has 120 valence electrons. The summed E-state index contributed by atoms with van der Waals surface area (Å²) in [5, 5.41) is 7.73. The van der Waals surface area contributed by atoms with Crippen molar-refractivity contribution >= 4 is 28.5 Å². The number of nitrogens with one attached hydrogen (secondary N) is 2. The van der Waals surface area contributed by atoms with Gasteiger partial charge in [0, 0.05) is 17.6 Å². The van der Waals surface area contributed by atoms with Crippen LogP contribution in [0, 0.1) is 20.8 Å². The van der Waals surface area contributed by atoms with Crippen LogP contribution in [-0.4, -0.2) is 40.4 Å². The Morgan fingerprint density at radius 1 is 1.21 bits per heavy atom. The molecule has 9 heteroatoms. The first-order chi connectivity index (χ1) is 11.5. The third-order valence-electron chi connectivity index (χ3n) is 3.96. The minimum atomic E-state index is -0.446. The Balaban J connectivity index is 1.74. The van der Waals surface area contributed by atoms with Gasteiger partial charge < -0.3 is 10.3 Å². The summed E-state index contributed by atoms with van der Waals surface area (Å²) in [5.74, 6) is 0.392. The molecule has 0 aliphatic carbocycles. The van der Waals surface area contributed by atoms with Crippen molar-refractivity contribution < 1.29 is 4.79 Å². The molecule has 4 aromatic rings. The molecule has 0 radical (unpaired) electrons. The number of aromatic amines is 1. The van der Waals surface area contributed by atoms with Gasteiger partial charge in [-0.2, -0.15) is 4.98 Å². The average molecular weight is 322 g/mol. The fraction of sp³-hybridized carbons (Fsp3) is 0.200. The van der Waals surface area contributed by atoms with E-state index in [-0.39, 0.29) is 5.82 Å². The molecule has 0 aromatic carbocycles. The molecule has 0 aliphatic rings. The minimum Gasteiger partial charge on any atom is -0.343 e. The highest BCUT2D eigenvalue weighted by Gasteiger charge is 2.18. The largest absolute Gasteiger partial charge is 0.343 e. The van der Waals surface area contributed by atoms with Crippen molar-refractivity contribution in [3.8, 4) is 0 Å². The number of hydrogen-bond donors (Lipinski definition) is 2. The standard InChI is InChI=1S/C15H14N8O/c1-7-4-5-16-15-21-13(22-23(7)15)14(24)20-12-10-8(2)9(3)19-11(10)17-6-18-12/h4-6H,1-3H3,(H2,17,18,19,20,24). The van der Waals surface area contributed by atoms with Crippen LogP contribution in [0.15, 0.2) is 18.6 Å². The van der Waals surface area contributed by atoms with E-state index in [0.29, 0.717) is 17.2 Å². The molecule has 0 saturated heterocycles. The highest BCUT2D eigenvalue weighted by Crippen LogP contribution is 2.25. The Morgan fingerprint density at radius 2 is 2.04 bits per heavy atom. The summed E-state index contributed by atoms with van der Waals surface area (Å²) < 4.78 is 1.52. The number of aromatic nitrogens is 7. The van der Waals surface area contributed by atoms with Gasteiger partial charge >= 0.3 is 0 Å². The first kappa shape index (κ1) is 14.2. The highest BCUT2D eigenvalue weighted by atomic mass is 16.2. The molecular weight excluding hydrogens is 308 g/mol. The summed E-state index contributed by atoms with van der Waals surface area (Å²) in [6.07, 6.45) is 3.02. The Labute approximate surface area is 136 Å². The monoisotopic (exact) mass is 322 g/mol. The minimum absolute atomic E-state index is 0.0356. The fourth-order valence-electron chi connectivity index (χ4n) is 2.56. The summed E-state index contributed by atoms with van der Waals surface area (Å²) in [4.78, 5) is 32.3. The smallest absolute Gasteiger partial charge is 0.296 e. The number of carbonyl (C=O) groups is 1. The number of aryl methyl sites for hydroxylation is 3. The number of H-pyrrole nitrogens is 1. The Kier molecular flexibility index (Phi) is 3.02. The zero-order chi connectivity index (χ0) is 16.8. The van der Waals surface area contributed by atoms with E-state index in [2.05, 4.69) is 35.3 Å². The van der Waals surface area contributed by atoms with Crippen LogP contribution in [-0.2, 0) is 0 Å². The summed E-state index contributed by atoms with van der Waals surface area (Å²) in [5.41, 5.74) is 3.48. The van der Waals surface area contributed by atoms with Crippen molar-refractivity contribution in [1.29, 1.82) is 0 Å². The molecule has 0 bridgehead atoms. The van der Waals surface area contributed by atoms with Gasteiger partial charge in [0.05, 0.1) is 5.39 Å². The van der Waals surface area contributed by atoms with Gasteiger partial charge in [0.1, 0.15) is 17.8 Å². The van der Waals surface area contributed by atoms with Crippen molar-refractivity contribution in [2.24, 2.45) is 0 Å². The van der Waals surface area contributed by atoms with E-state index in [1.165, 1.54) is 10.8 Å². The van der Waals surface area contributed by atoms with E-state index in [0.717, 1.165) is 22.3 Å². The van der Waals surface area contributed by atoms with Crippen molar-refractivity contribution in [3.05, 3.63) is 41.4 Å². The normalized spacial score (nSPS) is 11.3. The summed E-state index contributed by atoms with van der Waals surface area (Å²) in [7, 11) is 0. The van der Waals surface area contributed by atoms with Crippen LogP contribution < -0.4 is 5.32 Å². The zero-order valence-corrected chi connectivity index (χ0v) is 13.3. The Morgan fingerprint density at radius 3 is 2.83 bits per heavy atom. The lowest BCUT2D eigenvalue weighted by atomic mass is 10.2. The Bertz CT molecular complexity index is 1090. The molecule has 2 N–H and O–H groups in total. The van der Waals surface area contributed by atoms with E-state index in [1.807, 2.05) is 20.8 Å². The highest BCUT2D eigenvalue weighted by molar-refractivity contribution is 6.06. The lowest BCUT2D eigenvalue weighted by molar-refractivity contribution is 0.101. The third kappa shape index (κ3) is 2.09. The molecule has 0 saturated carbocycles. The van der Waals surface area contributed by atoms with E-state index >= 15 is 0 Å². The lowest BCUT2D eigenvalue weighted by Crippen LogP contribution is -2.15. The molecule has 9 nitrogen and oxygen atoms in total. The summed E-state index contributed by atoms with van der Waals surface area (Å²) in [6, 6.07) is 1.79. The van der Waals surface area contributed by atoms with E-state index in [1.54, 1.807) is 12.3 Å². The summed E-state index contributed by atoms with van der Waals surface area (Å²) >= 11 is 0. The number of rotatable bonds is 2. The first-order valence-electron chi connectivity index (χ1n) is 7.34. The molecule has 24 heavy (non-hydrogen) atoms. The molecule has 0 atom stereocenters. The van der Waals surface area contributed by atoms with Crippen LogP contribution >= 0.6 is 0 Å². The van der Waals surface area contributed by atoms with E-state index in [4.69, 9.17) is 0 Å². The van der Waals surface area contributed by atoms with Gasteiger partial charge in [0.15, 0.2) is 0 Å². The van der Waals surface area contributed by atoms with Crippen LogP contribution in [0.5, 0.6) is 0 Å². The molecular formula is C15H14N8O. The lowest BCUT2D eigenvalue weighted by Gasteiger charge is -2.03. The number of nitrogens with zero attached hydrogens (tertiary/aromatic N) is 6. The van der Waals surface area contributed by atoms with Crippen molar-refractivity contribution in [2.75, 3.05) is 5.32 Å². The number of amides is 1. The quantitative estimate of drug-likeness (QED) is 0.579. The topological polar surface area (TPSA) is 114 Å². The first-order valence-corrected chi connectivity index (χ1v) is 7.34. The van der Waals surface area contributed by atoms with Crippen LogP contribution in [0.25, 0.3) is 16.8 Å². The number of hydrogen-bond acceptors (Lipinski definition) is 6. The van der Waals surface area contributed by atoms with Crippen molar-refractivity contribution in [1.82, 2.24) is 34.5 Å². The molecule has 4 rings (SSSR count). The third-order valence-corrected chi connectivity index (χ3v) is 3.96. The zero-order valence-electron chi connectivity index (χ0n) is 13.3. The van der Waals surface area contributed by atoms with Crippen LogP contribution in [0.4, 0.5) is 5.82 Å². The van der Waals surface area contributed by atoms with Gasteiger partial charge in [0.2, 0.25) is 5.82 Å². The predicted octanol–water partition coefficient (Wildman–Crippen LogP) is 1.57. The SMILES string of the molecule is Cc1[nH]c2ncnc(NC(=O)c3nc4nccc(C)n4n3)c2c1C. The van der Waals surface area contributed by atoms with E-state index < -0.39 is 5.91 Å². The molecule has 0 unspecified atom stereocenters. The van der Waals surface area contributed by atoms with Gasteiger partial charge in [-0.05, 0) is 32.4 Å². The van der Waals surface area contributed by atoms with Gasteiger partial charge in [-0.1, -0.05) is 0 Å². The second kappa shape index (κ2) is 5.08. The summed E-state index contributed by atoms with van der Waals surface area (Å²) in [6.45, 7) is 5.76. The molecule has 0 spiro atoms. The Hall–Kier alpha value is -3.36. The second-order valence-electron chi connectivity index (χ2n) is 5.51. The predicted molar refractivity (Wildman–Crippen MR) is 86.8 cm³/mol. The van der Waals surface area contributed by atoms with Crippen LogP contribution in [0.1, 0.15) is 27.6 Å². The maximum absolute atomic E-state index is 12.5. The number of fused-ring (bicyclic) bond motifs is 2. The van der Waals surface area contributed by atoms with E-state index in [9.17, 15) is 4.79 Å². The van der Waals surface area contributed by atoms with Gasteiger partial charge in [-0.15, -0.1) is 5.10 Å².